The molecule has 0 spiro atoms. The highest BCUT2D eigenvalue weighted by atomic mass is 16.1. The number of hydrogen-bond acceptors (Lipinski definition) is 3. The Hall–Kier alpha value is -2.23. The monoisotopic (exact) mass is 241 g/mol. The third kappa shape index (κ3) is 3.13. The van der Waals surface area contributed by atoms with Crippen LogP contribution in [0.1, 0.15) is 27.3 Å². The van der Waals surface area contributed by atoms with Crippen LogP contribution in [-0.2, 0) is 6.54 Å². The van der Waals surface area contributed by atoms with E-state index in [1.165, 1.54) is 11.9 Å². The van der Waals surface area contributed by atoms with Gasteiger partial charge in [-0.15, -0.1) is 0 Å². The molecule has 0 aliphatic heterocycles. The van der Waals surface area contributed by atoms with Crippen LogP contribution in [0.25, 0.3) is 0 Å². The van der Waals surface area contributed by atoms with Gasteiger partial charge in [-0.05, 0) is 25.5 Å². The number of nitrogens with zero attached hydrogens (tertiary/aromatic N) is 2. The smallest absolute Gasteiger partial charge is 0.270 e. The van der Waals surface area contributed by atoms with Gasteiger partial charge in [-0.25, -0.2) is 9.97 Å². The lowest BCUT2D eigenvalue weighted by atomic mass is 10.1. The molecule has 18 heavy (non-hydrogen) atoms. The predicted octanol–water partition coefficient (Wildman–Crippen LogP) is 2.02. The number of benzene rings is 1. The summed E-state index contributed by atoms with van der Waals surface area (Å²) in [5.41, 5.74) is 3.44. The first-order valence-corrected chi connectivity index (χ1v) is 5.77. The SMILES string of the molecule is Cc1cccc(CNC(=O)c2cc(C)ncn2)c1. The molecule has 2 rings (SSSR count). The lowest BCUT2D eigenvalue weighted by molar-refractivity contribution is 0.0945. The van der Waals surface area contributed by atoms with Gasteiger partial charge in [-0.1, -0.05) is 29.8 Å². The molecule has 1 amide bonds. The van der Waals surface area contributed by atoms with Crippen molar-refractivity contribution in [1.82, 2.24) is 15.3 Å². The van der Waals surface area contributed by atoms with Gasteiger partial charge in [0.25, 0.3) is 5.91 Å². The molecule has 1 aromatic heterocycles. The first-order chi connectivity index (χ1) is 8.65. The van der Waals surface area contributed by atoms with Crippen LogP contribution in [-0.4, -0.2) is 15.9 Å². The van der Waals surface area contributed by atoms with Gasteiger partial charge in [-0.2, -0.15) is 0 Å². The van der Waals surface area contributed by atoms with Crippen LogP contribution in [0, 0.1) is 13.8 Å². The van der Waals surface area contributed by atoms with Gasteiger partial charge in [0.1, 0.15) is 12.0 Å². The fourth-order valence-corrected chi connectivity index (χ4v) is 1.67. The lowest BCUT2D eigenvalue weighted by Crippen LogP contribution is -2.24. The van der Waals surface area contributed by atoms with Crippen LogP contribution in [0.4, 0.5) is 0 Å². The van der Waals surface area contributed by atoms with E-state index in [2.05, 4.69) is 15.3 Å². The largest absolute Gasteiger partial charge is 0.347 e. The van der Waals surface area contributed by atoms with Gasteiger partial charge in [0.2, 0.25) is 0 Å². The van der Waals surface area contributed by atoms with Crippen LogP contribution in [0.3, 0.4) is 0 Å². The molecule has 0 unspecified atom stereocenters. The fourth-order valence-electron chi connectivity index (χ4n) is 1.67. The van der Waals surface area contributed by atoms with E-state index in [0.717, 1.165) is 11.3 Å². The first kappa shape index (κ1) is 12.2. The van der Waals surface area contributed by atoms with Crippen molar-refractivity contribution in [3.05, 3.63) is 59.2 Å². The molecule has 0 aliphatic rings. The maximum atomic E-state index is 11.9. The minimum absolute atomic E-state index is 0.179. The zero-order chi connectivity index (χ0) is 13.0. The molecule has 1 N–H and O–H groups in total. The van der Waals surface area contributed by atoms with E-state index in [9.17, 15) is 4.79 Å². The van der Waals surface area contributed by atoms with Crippen molar-refractivity contribution in [2.24, 2.45) is 0 Å². The van der Waals surface area contributed by atoms with Crippen LogP contribution in [0.15, 0.2) is 36.7 Å². The number of carbonyl (C=O) groups is 1. The molecule has 0 saturated heterocycles. The van der Waals surface area contributed by atoms with Gasteiger partial charge in [0.15, 0.2) is 0 Å². The van der Waals surface area contributed by atoms with Crippen LogP contribution in [0.5, 0.6) is 0 Å². The van der Waals surface area contributed by atoms with Crippen molar-refractivity contribution in [1.29, 1.82) is 0 Å². The van der Waals surface area contributed by atoms with Gasteiger partial charge < -0.3 is 5.32 Å². The molecule has 4 nitrogen and oxygen atoms in total. The van der Waals surface area contributed by atoms with E-state index in [1.54, 1.807) is 6.07 Å². The maximum absolute atomic E-state index is 11.9. The molecular weight excluding hydrogens is 226 g/mol. The number of amides is 1. The molecule has 0 saturated carbocycles. The normalized spacial score (nSPS) is 10.1. The minimum atomic E-state index is -0.179. The zero-order valence-electron chi connectivity index (χ0n) is 10.5. The molecule has 1 heterocycles. The Morgan fingerprint density at radius 2 is 2.06 bits per heavy atom. The molecule has 92 valence electrons. The summed E-state index contributed by atoms with van der Waals surface area (Å²) in [7, 11) is 0. The Bertz CT molecular complexity index is 566. The van der Waals surface area contributed by atoms with Gasteiger partial charge in [0, 0.05) is 12.2 Å². The highest BCUT2D eigenvalue weighted by Crippen LogP contribution is 2.04. The molecule has 1 aromatic carbocycles. The van der Waals surface area contributed by atoms with E-state index in [-0.39, 0.29) is 5.91 Å². The molecule has 0 radical (unpaired) electrons. The number of carbonyl (C=O) groups excluding carboxylic acids is 1. The summed E-state index contributed by atoms with van der Waals surface area (Å²) in [6, 6.07) is 9.71. The van der Waals surface area contributed by atoms with Crippen LogP contribution in [0.2, 0.25) is 0 Å². The number of aromatic nitrogens is 2. The van der Waals surface area contributed by atoms with Crippen molar-refractivity contribution in [3.63, 3.8) is 0 Å². The third-order valence-electron chi connectivity index (χ3n) is 2.57. The second-order valence-electron chi connectivity index (χ2n) is 4.22. The number of rotatable bonds is 3. The first-order valence-electron chi connectivity index (χ1n) is 5.77. The van der Waals surface area contributed by atoms with E-state index in [1.807, 2.05) is 38.1 Å². The molecule has 4 heteroatoms. The summed E-state index contributed by atoms with van der Waals surface area (Å²) in [5.74, 6) is -0.179. The zero-order valence-corrected chi connectivity index (χ0v) is 10.5. The lowest BCUT2D eigenvalue weighted by Gasteiger charge is -2.05. The van der Waals surface area contributed by atoms with Crippen LogP contribution < -0.4 is 5.32 Å². The summed E-state index contributed by atoms with van der Waals surface area (Å²) in [6.07, 6.45) is 1.40. The molecule has 0 fully saturated rings. The standard InChI is InChI=1S/C14H15N3O/c1-10-4-3-5-12(6-10)8-15-14(18)13-7-11(2)16-9-17-13/h3-7,9H,8H2,1-2H3,(H,15,18). The maximum Gasteiger partial charge on any atom is 0.270 e. The summed E-state index contributed by atoms with van der Waals surface area (Å²) >= 11 is 0. The van der Waals surface area contributed by atoms with Gasteiger partial charge in [0.05, 0.1) is 0 Å². The summed E-state index contributed by atoms with van der Waals surface area (Å²) in [5, 5.41) is 2.84. The average molecular weight is 241 g/mol. The second kappa shape index (κ2) is 5.40. The van der Waals surface area contributed by atoms with Gasteiger partial charge >= 0.3 is 0 Å². The quantitative estimate of drug-likeness (QED) is 0.894. The van der Waals surface area contributed by atoms with E-state index in [4.69, 9.17) is 0 Å². The van der Waals surface area contributed by atoms with E-state index in [0.29, 0.717) is 12.2 Å². The van der Waals surface area contributed by atoms with Crippen molar-refractivity contribution in [2.45, 2.75) is 20.4 Å². The number of aryl methyl sites for hydroxylation is 2. The van der Waals surface area contributed by atoms with Crippen molar-refractivity contribution >= 4 is 5.91 Å². The molecular formula is C14H15N3O. The fraction of sp³-hybridized carbons (Fsp3) is 0.214. The summed E-state index contributed by atoms with van der Waals surface area (Å²) < 4.78 is 0. The average Bonchev–Trinajstić information content (AvgIpc) is 2.36. The Morgan fingerprint density at radius 1 is 1.22 bits per heavy atom. The Labute approximate surface area is 106 Å². The van der Waals surface area contributed by atoms with E-state index < -0.39 is 0 Å². The Kier molecular flexibility index (Phi) is 3.67. The molecule has 0 aliphatic carbocycles. The number of hydrogen-bond donors (Lipinski definition) is 1. The highest BCUT2D eigenvalue weighted by Gasteiger charge is 2.06. The Balaban J connectivity index is 2.00. The highest BCUT2D eigenvalue weighted by molar-refractivity contribution is 5.92. The van der Waals surface area contributed by atoms with Crippen LogP contribution >= 0.6 is 0 Å². The molecule has 2 aromatic rings. The molecule has 0 atom stereocenters. The third-order valence-corrected chi connectivity index (χ3v) is 2.57. The van der Waals surface area contributed by atoms with Crippen molar-refractivity contribution in [3.8, 4) is 0 Å². The Morgan fingerprint density at radius 3 is 2.78 bits per heavy atom. The van der Waals surface area contributed by atoms with E-state index >= 15 is 0 Å². The minimum Gasteiger partial charge on any atom is -0.347 e. The van der Waals surface area contributed by atoms with Crippen molar-refractivity contribution < 1.29 is 4.79 Å². The number of nitrogens with one attached hydrogen (secondary N) is 1. The topological polar surface area (TPSA) is 54.9 Å². The van der Waals surface area contributed by atoms with Crippen molar-refractivity contribution in [2.75, 3.05) is 0 Å². The second-order valence-corrected chi connectivity index (χ2v) is 4.22. The summed E-state index contributed by atoms with van der Waals surface area (Å²) in [4.78, 5) is 19.8. The molecule has 0 bridgehead atoms. The predicted molar refractivity (Wildman–Crippen MR) is 69.1 cm³/mol. The van der Waals surface area contributed by atoms with Gasteiger partial charge in [-0.3, -0.25) is 4.79 Å². The summed E-state index contributed by atoms with van der Waals surface area (Å²) in [6.45, 7) is 4.36.